The molecule has 0 saturated heterocycles. The average Bonchev–Trinajstić information content (AvgIpc) is 3.22. The molecule has 0 fully saturated rings. The van der Waals surface area contributed by atoms with Crippen LogP contribution in [0.3, 0.4) is 0 Å². The highest BCUT2D eigenvalue weighted by Crippen LogP contribution is 2.29. The molecule has 0 aliphatic rings. The Morgan fingerprint density at radius 2 is 1.86 bits per heavy atom. The van der Waals surface area contributed by atoms with Crippen LogP contribution >= 0.6 is 11.6 Å². The number of benzene rings is 2. The van der Waals surface area contributed by atoms with Crippen molar-refractivity contribution in [3.63, 3.8) is 0 Å². The highest BCUT2D eigenvalue weighted by atomic mass is 35.5. The second kappa shape index (κ2) is 7.95. The van der Waals surface area contributed by atoms with E-state index in [4.69, 9.17) is 16.9 Å². The van der Waals surface area contributed by atoms with E-state index in [1.165, 1.54) is 0 Å². The van der Waals surface area contributed by atoms with Gasteiger partial charge >= 0.3 is 0 Å². The number of halogens is 1. The van der Waals surface area contributed by atoms with Crippen LogP contribution in [0.15, 0.2) is 72.9 Å². The third kappa shape index (κ3) is 3.88. The standard InChI is InChI=1S/C22H16ClN5/c23-20-10-15(13-24)6-7-19(20)17-8-9-25-22(11-17)26-14-18-12-21(28-27-18)16-4-2-1-3-5-16/h1-12H,14H2,(H,25,26)(H,27,28). The van der Waals surface area contributed by atoms with E-state index < -0.39 is 0 Å². The Bertz CT molecular complexity index is 1150. The summed E-state index contributed by atoms with van der Waals surface area (Å²) >= 11 is 6.32. The molecule has 0 atom stereocenters. The van der Waals surface area contributed by atoms with Gasteiger partial charge in [-0.2, -0.15) is 10.4 Å². The molecule has 5 nitrogen and oxygen atoms in total. The van der Waals surface area contributed by atoms with Gasteiger partial charge in [0.15, 0.2) is 0 Å². The van der Waals surface area contributed by atoms with Crippen LogP contribution in [0.4, 0.5) is 5.82 Å². The van der Waals surface area contributed by atoms with Gasteiger partial charge in [0.2, 0.25) is 0 Å². The molecule has 0 saturated carbocycles. The van der Waals surface area contributed by atoms with Crippen LogP contribution in [0.25, 0.3) is 22.4 Å². The molecule has 4 rings (SSSR count). The second-order valence-electron chi connectivity index (χ2n) is 6.23. The van der Waals surface area contributed by atoms with Gasteiger partial charge in [0.25, 0.3) is 0 Å². The van der Waals surface area contributed by atoms with E-state index in [0.717, 1.165) is 33.9 Å². The van der Waals surface area contributed by atoms with Crippen LogP contribution in [0.2, 0.25) is 5.02 Å². The fraction of sp³-hybridized carbons (Fsp3) is 0.0455. The van der Waals surface area contributed by atoms with Gasteiger partial charge < -0.3 is 5.32 Å². The normalized spacial score (nSPS) is 10.4. The van der Waals surface area contributed by atoms with Gasteiger partial charge in [-0.1, -0.05) is 48.0 Å². The second-order valence-corrected chi connectivity index (χ2v) is 6.64. The van der Waals surface area contributed by atoms with Crippen LogP contribution in [-0.4, -0.2) is 15.2 Å². The number of nitrogens with zero attached hydrogens (tertiary/aromatic N) is 3. The van der Waals surface area contributed by atoms with Crippen LogP contribution in [-0.2, 0) is 6.54 Å². The molecule has 6 heteroatoms. The zero-order chi connectivity index (χ0) is 19.3. The summed E-state index contributed by atoms with van der Waals surface area (Å²) in [6.07, 6.45) is 1.73. The molecule has 28 heavy (non-hydrogen) atoms. The summed E-state index contributed by atoms with van der Waals surface area (Å²) < 4.78 is 0. The highest BCUT2D eigenvalue weighted by molar-refractivity contribution is 6.33. The predicted molar refractivity (Wildman–Crippen MR) is 111 cm³/mol. The minimum atomic E-state index is 0.537. The van der Waals surface area contributed by atoms with Crippen molar-refractivity contribution in [1.29, 1.82) is 5.26 Å². The van der Waals surface area contributed by atoms with E-state index in [0.29, 0.717) is 17.1 Å². The summed E-state index contributed by atoms with van der Waals surface area (Å²) in [6, 6.07) is 23.2. The number of H-pyrrole nitrogens is 1. The fourth-order valence-corrected chi connectivity index (χ4v) is 3.20. The number of aromatic amines is 1. The fourth-order valence-electron chi connectivity index (χ4n) is 2.91. The Balaban J connectivity index is 1.49. The molecule has 2 heterocycles. The maximum absolute atomic E-state index is 8.98. The summed E-state index contributed by atoms with van der Waals surface area (Å²) in [6.45, 7) is 0.567. The monoisotopic (exact) mass is 385 g/mol. The largest absolute Gasteiger partial charge is 0.364 e. The maximum Gasteiger partial charge on any atom is 0.126 e. The number of rotatable bonds is 5. The van der Waals surface area contributed by atoms with Gasteiger partial charge in [-0.15, -0.1) is 0 Å². The molecule has 0 unspecified atom stereocenters. The molecule has 2 aromatic heterocycles. The number of nitrogens with one attached hydrogen (secondary N) is 2. The molecular formula is C22H16ClN5. The molecule has 0 spiro atoms. The first-order valence-corrected chi connectivity index (χ1v) is 9.10. The molecule has 136 valence electrons. The maximum atomic E-state index is 8.98. The smallest absolute Gasteiger partial charge is 0.126 e. The lowest BCUT2D eigenvalue weighted by molar-refractivity contribution is 0.976. The molecule has 0 bridgehead atoms. The number of hydrogen-bond donors (Lipinski definition) is 2. The van der Waals surface area contributed by atoms with Crippen molar-refractivity contribution >= 4 is 17.4 Å². The van der Waals surface area contributed by atoms with Crippen molar-refractivity contribution < 1.29 is 0 Å². The molecule has 0 radical (unpaired) electrons. The minimum Gasteiger partial charge on any atom is -0.364 e. The van der Waals surface area contributed by atoms with Crippen molar-refractivity contribution in [2.75, 3.05) is 5.32 Å². The van der Waals surface area contributed by atoms with Gasteiger partial charge in [-0.25, -0.2) is 4.98 Å². The minimum absolute atomic E-state index is 0.537. The highest BCUT2D eigenvalue weighted by Gasteiger charge is 2.07. The SMILES string of the molecule is N#Cc1ccc(-c2ccnc(NCc3cc(-c4ccccc4)n[nH]3)c2)c(Cl)c1. The van der Waals surface area contributed by atoms with E-state index in [1.54, 1.807) is 18.3 Å². The Kier molecular flexibility index (Phi) is 5.05. The number of hydrogen-bond acceptors (Lipinski definition) is 4. The van der Waals surface area contributed by atoms with Crippen molar-refractivity contribution in [2.45, 2.75) is 6.54 Å². The summed E-state index contributed by atoms with van der Waals surface area (Å²) in [7, 11) is 0. The first-order valence-electron chi connectivity index (χ1n) is 8.72. The van der Waals surface area contributed by atoms with Crippen LogP contribution in [0.1, 0.15) is 11.3 Å². The number of aromatic nitrogens is 3. The van der Waals surface area contributed by atoms with Gasteiger partial charge in [-0.05, 0) is 35.9 Å². The molecule has 0 amide bonds. The Morgan fingerprint density at radius 1 is 1.00 bits per heavy atom. The summed E-state index contributed by atoms with van der Waals surface area (Å²) in [4.78, 5) is 4.37. The van der Waals surface area contributed by atoms with Crippen LogP contribution in [0, 0.1) is 11.3 Å². The Morgan fingerprint density at radius 3 is 2.64 bits per heavy atom. The number of anilines is 1. The average molecular weight is 386 g/mol. The third-order valence-corrected chi connectivity index (χ3v) is 4.64. The van der Waals surface area contributed by atoms with Crippen molar-refractivity contribution in [1.82, 2.24) is 15.2 Å². The van der Waals surface area contributed by atoms with Crippen LogP contribution in [0.5, 0.6) is 0 Å². The van der Waals surface area contributed by atoms with E-state index in [2.05, 4.69) is 26.6 Å². The molecule has 4 aromatic rings. The zero-order valence-electron chi connectivity index (χ0n) is 14.9. The van der Waals surface area contributed by atoms with Gasteiger partial charge in [0.1, 0.15) is 5.82 Å². The van der Waals surface area contributed by atoms with E-state index in [9.17, 15) is 0 Å². The molecule has 2 N–H and O–H groups in total. The van der Waals surface area contributed by atoms with E-state index >= 15 is 0 Å². The van der Waals surface area contributed by atoms with Gasteiger partial charge in [-0.3, -0.25) is 5.10 Å². The first-order chi connectivity index (χ1) is 13.7. The Labute approximate surface area is 167 Å². The quantitative estimate of drug-likeness (QED) is 0.490. The summed E-state index contributed by atoms with van der Waals surface area (Å²) in [5, 5.41) is 20.2. The van der Waals surface area contributed by atoms with Crippen molar-refractivity contribution in [2.24, 2.45) is 0 Å². The molecular weight excluding hydrogens is 370 g/mol. The van der Waals surface area contributed by atoms with Gasteiger partial charge in [0, 0.05) is 22.3 Å². The van der Waals surface area contributed by atoms with Crippen molar-refractivity contribution in [3.8, 4) is 28.5 Å². The lowest BCUT2D eigenvalue weighted by atomic mass is 10.1. The lowest BCUT2D eigenvalue weighted by Gasteiger charge is -2.08. The number of pyridine rings is 1. The van der Waals surface area contributed by atoms with Gasteiger partial charge in [0.05, 0.1) is 29.6 Å². The molecule has 0 aliphatic carbocycles. The molecule has 2 aromatic carbocycles. The third-order valence-electron chi connectivity index (χ3n) is 4.33. The molecule has 0 aliphatic heterocycles. The zero-order valence-corrected chi connectivity index (χ0v) is 15.6. The lowest BCUT2D eigenvalue weighted by Crippen LogP contribution is -2.01. The van der Waals surface area contributed by atoms with E-state index in [1.807, 2.05) is 54.6 Å². The Hall–Kier alpha value is -3.62. The van der Waals surface area contributed by atoms with Crippen LogP contribution < -0.4 is 5.32 Å². The number of nitriles is 1. The van der Waals surface area contributed by atoms with Crippen molar-refractivity contribution in [3.05, 3.63) is 89.2 Å². The topological polar surface area (TPSA) is 77.4 Å². The first kappa shape index (κ1) is 17.8. The summed E-state index contributed by atoms with van der Waals surface area (Å²) in [5.41, 5.74) is 5.27. The predicted octanol–water partition coefficient (Wildman–Crippen LogP) is 5.28. The van der Waals surface area contributed by atoms with E-state index in [-0.39, 0.29) is 0 Å². The summed E-state index contributed by atoms with van der Waals surface area (Å²) in [5.74, 6) is 0.730.